The van der Waals surface area contributed by atoms with Gasteiger partial charge in [0.1, 0.15) is 17.2 Å². The second-order valence-electron chi connectivity index (χ2n) is 7.75. The largest absolute Gasteiger partial charge is 0.474 e. The number of carbonyl (C=O) groups is 1. The molecule has 1 atom stereocenters. The van der Waals surface area contributed by atoms with Gasteiger partial charge in [-0.1, -0.05) is 6.07 Å². The van der Waals surface area contributed by atoms with Crippen molar-refractivity contribution in [1.82, 2.24) is 10.6 Å². The molecule has 4 N–H and O–H groups in total. The van der Waals surface area contributed by atoms with E-state index in [-0.39, 0.29) is 30.3 Å². The fourth-order valence-corrected chi connectivity index (χ4v) is 2.76. The standard InChI is InChI=1S/C22H27F2N3O2/c1-14(29-22(2,3)4)27-19(12-16-10-17(23)8-9-20(16)24)13-26-21(28)15-6-5-7-18(25)11-15/h5-11,19,27H,1,12-13,25H2,2-4H3,(H,26,28). The summed E-state index contributed by atoms with van der Waals surface area (Å²) in [6.07, 6.45) is 0.118. The molecule has 1 amide bonds. The summed E-state index contributed by atoms with van der Waals surface area (Å²) in [5.74, 6) is -1.11. The van der Waals surface area contributed by atoms with Crippen LogP contribution in [0.1, 0.15) is 36.7 Å². The number of rotatable bonds is 8. The first-order valence-electron chi connectivity index (χ1n) is 9.25. The van der Waals surface area contributed by atoms with Crippen molar-refractivity contribution in [3.63, 3.8) is 0 Å². The van der Waals surface area contributed by atoms with Crippen molar-refractivity contribution in [2.24, 2.45) is 0 Å². The second kappa shape index (κ2) is 9.41. The van der Waals surface area contributed by atoms with E-state index < -0.39 is 23.3 Å². The van der Waals surface area contributed by atoms with Crippen molar-refractivity contribution in [2.75, 3.05) is 12.3 Å². The second-order valence-corrected chi connectivity index (χ2v) is 7.75. The van der Waals surface area contributed by atoms with Gasteiger partial charge in [0.25, 0.3) is 5.91 Å². The quantitative estimate of drug-likeness (QED) is 0.463. The fourth-order valence-electron chi connectivity index (χ4n) is 2.76. The number of halogens is 2. The number of benzene rings is 2. The lowest BCUT2D eigenvalue weighted by molar-refractivity contribution is 0.0382. The molecule has 0 aliphatic carbocycles. The average molecular weight is 403 g/mol. The number of carbonyl (C=O) groups excluding carboxylic acids is 1. The number of anilines is 1. The number of hydrogen-bond donors (Lipinski definition) is 3. The minimum absolute atomic E-state index is 0.118. The Morgan fingerprint density at radius 2 is 1.93 bits per heavy atom. The highest BCUT2D eigenvalue weighted by Gasteiger charge is 2.19. The molecule has 0 radical (unpaired) electrons. The molecular formula is C22H27F2N3O2. The molecule has 0 aliphatic rings. The van der Waals surface area contributed by atoms with E-state index >= 15 is 0 Å². The molecule has 2 rings (SSSR count). The first kappa shape index (κ1) is 22.2. The number of nitrogen functional groups attached to an aromatic ring is 1. The van der Waals surface area contributed by atoms with Crippen LogP contribution in [0.25, 0.3) is 0 Å². The van der Waals surface area contributed by atoms with E-state index in [1.165, 1.54) is 0 Å². The molecule has 0 saturated carbocycles. The van der Waals surface area contributed by atoms with Crippen LogP contribution in [0.5, 0.6) is 0 Å². The maximum Gasteiger partial charge on any atom is 0.251 e. The van der Waals surface area contributed by atoms with Crippen LogP contribution in [-0.2, 0) is 11.2 Å². The SMILES string of the molecule is C=C(NC(CNC(=O)c1cccc(N)c1)Cc1cc(F)ccc1F)OC(C)(C)C. The third-order valence-electron chi connectivity index (χ3n) is 3.93. The molecule has 0 aromatic heterocycles. The first-order valence-corrected chi connectivity index (χ1v) is 9.25. The summed E-state index contributed by atoms with van der Waals surface area (Å²) in [4.78, 5) is 12.4. The molecule has 29 heavy (non-hydrogen) atoms. The van der Waals surface area contributed by atoms with Gasteiger partial charge >= 0.3 is 0 Å². The highest BCUT2D eigenvalue weighted by Crippen LogP contribution is 2.15. The lowest BCUT2D eigenvalue weighted by atomic mass is 10.0. The molecule has 0 spiro atoms. The smallest absolute Gasteiger partial charge is 0.251 e. The molecule has 0 heterocycles. The molecule has 2 aromatic carbocycles. The molecule has 2 aromatic rings. The topological polar surface area (TPSA) is 76.4 Å². The van der Waals surface area contributed by atoms with Crippen LogP contribution in [0.3, 0.4) is 0 Å². The maximum absolute atomic E-state index is 14.1. The Hall–Kier alpha value is -3.09. The van der Waals surface area contributed by atoms with Gasteiger partial charge in [0, 0.05) is 17.8 Å². The lowest BCUT2D eigenvalue weighted by Gasteiger charge is -2.27. The predicted octanol–water partition coefficient (Wildman–Crippen LogP) is 3.76. The van der Waals surface area contributed by atoms with Gasteiger partial charge in [-0.05, 0) is 75.7 Å². The van der Waals surface area contributed by atoms with Crippen LogP contribution in [0.15, 0.2) is 54.9 Å². The number of ether oxygens (including phenoxy) is 1. The van der Waals surface area contributed by atoms with E-state index in [1.54, 1.807) is 24.3 Å². The number of nitrogens with two attached hydrogens (primary N) is 1. The summed E-state index contributed by atoms with van der Waals surface area (Å²) in [7, 11) is 0. The van der Waals surface area contributed by atoms with Crippen LogP contribution in [0.2, 0.25) is 0 Å². The van der Waals surface area contributed by atoms with E-state index in [2.05, 4.69) is 17.2 Å². The molecule has 5 nitrogen and oxygen atoms in total. The Kier molecular flexibility index (Phi) is 7.20. The summed E-state index contributed by atoms with van der Waals surface area (Å²) in [6.45, 7) is 9.55. The summed E-state index contributed by atoms with van der Waals surface area (Å²) >= 11 is 0. The zero-order valence-corrected chi connectivity index (χ0v) is 16.9. The number of hydrogen-bond acceptors (Lipinski definition) is 4. The van der Waals surface area contributed by atoms with Gasteiger partial charge in [0.2, 0.25) is 0 Å². The summed E-state index contributed by atoms with van der Waals surface area (Å²) in [5, 5.41) is 5.82. The monoisotopic (exact) mass is 403 g/mol. The highest BCUT2D eigenvalue weighted by molar-refractivity contribution is 5.95. The van der Waals surface area contributed by atoms with Gasteiger partial charge in [-0.25, -0.2) is 8.78 Å². The van der Waals surface area contributed by atoms with Crippen LogP contribution < -0.4 is 16.4 Å². The van der Waals surface area contributed by atoms with Gasteiger partial charge in [-0.2, -0.15) is 0 Å². The van der Waals surface area contributed by atoms with Crippen molar-refractivity contribution in [3.05, 3.63) is 77.7 Å². The van der Waals surface area contributed by atoms with Crippen molar-refractivity contribution in [1.29, 1.82) is 0 Å². The van der Waals surface area contributed by atoms with Crippen LogP contribution >= 0.6 is 0 Å². The van der Waals surface area contributed by atoms with Crippen molar-refractivity contribution in [2.45, 2.75) is 38.8 Å². The van der Waals surface area contributed by atoms with Gasteiger partial charge in [-0.3, -0.25) is 4.79 Å². The van der Waals surface area contributed by atoms with E-state index in [9.17, 15) is 13.6 Å². The summed E-state index contributed by atoms with van der Waals surface area (Å²) in [6, 6.07) is 9.36. The van der Waals surface area contributed by atoms with E-state index in [0.717, 1.165) is 18.2 Å². The fraction of sp³-hybridized carbons (Fsp3) is 0.318. The number of nitrogens with one attached hydrogen (secondary N) is 2. The molecule has 0 saturated heterocycles. The highest BCUT2D eigenvalue weighted by atomic mass is 19.1. The third-order valence-corrected chi connectivity index (χ3v) is 3.93. The van der Waals surface area contributed by atoms with Crippen molar-refractivity contribution in [3.8, 4) is 0 Å². The predicted molar refractivity (Wildman–Crippen MR) is 110 cm³/mol. The molecular weight excluding hydrogens is 376 g/mol. The van der Waals surface area contributed by atoms with E-state index in [1.807, 2.05) is 20.8 Å². The zero-order chi connectivity index (χ0) is 21.6. The molecule has 156 valence electrons. The Bertz CT molecular complexity index is 879. The van der Waals surface area contributed by atoms with E-state index in [4.69, 9.17) is 10.5 Å². The Labute approximate surface area is 169 Å². The van der Waals surface area contributed by atoms with Gasteiger partial charge in [-0.15, -0.1) is 0 Å². The summed E-state index contributed by atoms with van der Waals surface area (Å²) in [5.41, 5.74) is 6.30. The van der Waals surface area contributed by atoms with Crippen LogP contribution in [0.4, 0.5) is 14.5 Å². The van der Waals surface area contributed by atoms with Gasteiger partial charge in [0.05, 0.1) is 6.04 Å². The van der Waals surface area contributed by atoms with E-state index in [0.29, 0.717) is 11.3 Å². The Morgan fingerprint density at radius 1 is 1.21 bits per heavy atom. The Balaban J connectivity index is 2.11. The van der Waals surface area contributed by atoms with Crippen molar-refractivity contribution < 1.29 is 18.3 Å². The first-order chi connectivity index (χ1) is 13.5. The maximum atomic E-state index is 14.1. The minimum Gasteiger partial charge on any atom is -0.474 e. The minimum atomic E-state index is -0.534. The normalized spacial score (nSPS) is 12.2. The Morgan fingerprint density at radius 3 is 2.59 bits per heavy atom. The lowest BCUT2D eigenvalue weighted by Crippen LogP contribution is -2.43. The zero-order valence-electron chi connectivity index (χ0n) is 16.9. The summed E-state index contributed by atoms with van der Waals surface area (Å²) < 4.78 is 33.3. The van der Waals surface area contributed by atoms with Crippen molar-refractivity contribution >= 4 is 11.6 Å². The molecule has 7 heteroatoms. The molecule has 0 fully saturated rings. The van der Waals surface area contributed by atoms with Crippen LogP contribution in [-0.4, -0.2) is 24.1 Å². The molecule has 0 bridgehead atoms. The third kappa shape index (κ3) is 7.44. The number of amides is 1. The van der Waals surface area contributed by atoms with Crippen LogP contribution in [0, 0.1) is 11.6 Å². The average Bonchev–Trinajstić information content (AvgIpc) is 2.60. The van der Waals surface area contributed by atoms with Gasteiger partial charge in [0.15, 0.2) is 5.88 Å². The molecule has 0 aliphatic heterocycles. The molecule has 1 unspecified atom stereocenters. The van der Waals surface area contributed by atoms with Gasteiger partial charge < -0.3 is 21.1 Å².